The number of nitrogens with zero attached hydrogens (tertiary/aromatic N) is 1. The lowest BCUT2D eigenvalue weighted by Crippen LogP contribution is -2.38. The van der Waals surface area contributed by atoms with Crippen molar-refractivity contribution in [3.63, 3.8) is 0 Å². The fourth-order valence-electron chi connectivity index (χ4n) is 2.84. The van der Waals surface area contributed by atoms with Gasteiger partial charge in [-0.1, -0.05) is 40.0 Å². The smallest absolute Gasteiger partial charge is 0.241 e. The fourth-order valence-corrected chi connectivity index (χ4v) is 3.33. The van der Waals surface area contributed by atoms with E-state index < -0.39 is 0 Å². The molecule has 0 aromatic heterocycles. The summed E-state index contributed by atoms with van der Waals surface area (Å²) in [4.78, 5) is 14.6. The monoisotopic (exact) mass is 300 g/mol. The number of carbonyl (C=O) groups is 1. The minimum absolute atomic E-state index is 0.0306. The highest BCUT2D eigenvalue weighted by atomic mass is 32.2. The van der Waals surface area contributed by atoms with Gasteiger partial charge in [0.1, 0.15) is 0 Å². The molecule has 0 radical (unpaired) electrons. The molecule has 118 valence electrons. The molecule has 1 rings (SSSR count). The van der Waals surface area contributed by atoms with Crippen LogP contribution in [0.2, 0.25) is 0 Å². The molecule has 1 heterocycles. The van der Waals surface area contributed by atoms with Gasteiger partial charge < -0.3 is 4.90 Å². The van der Waals surface area contributed by atoms with Crippen LogP contribution in [0.15, 0.2) is 0 Å². The zero-order valence-electron chi connectivity index (χ0n) is 13.7. The number of hydrogen-bond donors (Lipinski definition) is 1. The van der Waals surface area contributed by atoms with Gasteiger partial charge in [-0.25, -0.2) is 0 Å². The van der Waals surface area contributed by atoms with Crippen LogP contribution in [0, 0.1) is 5.92 Å². The van der Waals surface area contributed by atoms with E-state index in [2.05, 4.69) is 37.2 Å². The number of nitrogens with one attached hydrogen (secondary N) is 1. The largest absolute Gasteiger partial charge is 0.326 e. The van der Waals surface area contributed by atoms with E-state index in [4.69, 9.17) is 0 Å². The van der Waals surface area contributed by atoms with E-state index in [1.165, 1.54) is 25.0 Å². The van der Waals surface area contributed by atoms with Gasteiger partial charge in [-0.2, -0.15) is 11.8 Å². The third-order valence-corrected chi connectivity index (χ3v) is 4.72. The first-order valence-electron chi connectivity index (χ1n) is 8.17. The SMILES string of the molecule is CCCC1NC(C(C)C)C(=O)N1CCCCCCSC. The Morgan fingerprint density at radius 3 is 2.55 bits per heavy atom. The second-order valence-corrected chi connectivity index (χ2v) is 7.12. The molecule has 0 aromatic carbocycles. The quantitative estimate of drug-likeness (QED) is 0.627. The van der Waals surface area contributed by atoms with Crippen molar-refractivity contribution < 1.29 is 4.79 Å². The average Bonchev–Trinajstić information content (AvgIpc) is 2.72. The van der Waals surface area contributed by atoms with Crippen molar-refractivity contribution in [2.75, 3.05) is 18.6 Å². The Kier molecular flexibility index (Phi) is 8.62. The molecule has 0 bridgehead atoms. The van der Waals surface area contributed by atoms with Gasteiger partial charge in [0.2, 0.25) is 5.91 Å². The molecule has 0 saturated carbocycles. The highest BCUT2D eigenvalue weighted by molar-refractivity contribution is 7.98. The number of amides is 1. The van der Waals surface area contributed by atoms with Gasteiger partial charge in [0.25, 0.3) is 0 Å². The van der Waals surface area contributed by atoms with Gasteiger partial charge in [-0.05, 0) is 37.2 Å². The van der Waals surface area contributed by atoms with E-state index in [9.17, 15) is 4.79 Å². The molecule has 0 aliphatic carbocycles. The third-order valence-electron chi connectivity index (χ3n) is 4.02. The minimum Gasteiger partial charge on any atom is -0.326 e. The molecule has 3 nitrogen and oxygen atoms in total. The maximum absolute atomic E-state index is 12.5. The summed E-state index contributed by atoms with van der Waals surface area (Å²) < 4.78 is 0. The number of hydrogen-bond acceptors (Lipinski definition) is 3. The van der Waals surface area contributed by atoms with Gasteiger partial charge in [0.05, 0.1) is 12.2 Å². The number of unbranched alkanes of at least 4 members (excludes halogenated alkanes) is 3. The Bertz CT molecular complexity index is 284. The predicted molar refractivity (Wildman–Crippen MR) is 89.0 cm³/mol. The van der Waals surface area contributed by atoms with Crippen molar-refractivity contribution in [2.45, 2.75) is 71.5 Å². The zero-order chi connectivity index (χ0) is 15.0. The van der Waals surface area contributed by atoms with Crippen LogP contribution < -0.4 is 5.32 Å². The van der Waals surface area contributed by atoms with E-state index in [0.717, 1.165) is 25.8 Å². The first kappa shape index (κ1) is 17.8. The van der Waals surface area contributed by atoms with Gasteiger partial charge in [-0.3, -0.25) is 10.1 Å². The van der Waals surface area contributed by atoms with Crippen LogP contribution in [-0.2, 0) is 4.79 Å². The van der Waals surface area contributed by atoms with Gasteiger partial charge in [0.15, 0.2) is 0 Å². The van der Waals surface area contributed by atoms with Crippen molar-refractivity contribution in [2.24, 2.45) is 5.92 Å². The Labute approximate surface area is 129 Å². The molecule has 20 heavy (non-hydrogen) atoms. The van der Waals surface area contributed by atoms with Gasteiger partial charge in [0, 0.05) is 6.54 Å². The van der Waals surface area contributed by atoms with E-state index in [1.54, 1.807) is 0 Å². The lowest BCUT2D eigenvalue weighted by Gasteiger charge is -2.23. The fraction of sp³-hybridized carbons (Fsp3) is 0.938. The molecule has 1 aliphatic heterocycles. The maximum atomic E-state index is 12.5. The third kappa shape index (κ3) is 5.28. The average molecular weight is 301 g/mol. The molecule has 2 unspecified atom stereocenters. The van der Waals surface area contributed by atoms with Crippen LogP contribution in [0.1, 0.15) is 59.3 Å². The van der Waals surface area contributed by atoms with E-state index in [-0.39, 0.29) is 12.2 Å². The second kappa shape index (κ2) is 9.67. The topological polar surface area (TPSA) is 32.3 Å². The minimum atomic E-state index is 0.0306. The summed E-state index contributed by atoms with van der Waals surface area (Å²) in [6.45, 7) is 7.38. The molecule has 2 atom stereocenters. The molecule has 1 fully saturated rings. The normalized spacial score (nSPS) is 23.1. The molecular weight excluding hydrogens is 268 g/mol. The Morgan fingerprint density at radius 1 is 1.25 bits per heavy atom. The van der Waals surface area contributed by atoms with Crippen molar-refractivity contribution in [1.82, 2.24) is 10.2 Å². The Morgan fingerprint density at radius 2 is 1.95 bits per heavy atom. The molecule has 1 amide bonds. The Balaban J connectivity index is 2.37. The van der Waals surface area contributed by atoms with Crippen LogP contribution in [-0.4, -0.2) is 41.6 Å². The van der Waals surface area contributed by atoms with Crippen molar-refractivity contribution in [1.29, 1.82) is 0 Å². The summed E-state index contributed by atoms with van der Waals surface area (Å²) >= 11 is 1.92. The number of rotatable bonds is 10. The maximum Gasteiger partial charge on any atom is 0.241 e. The molecule has 4 heteroatoms. The van der Waals surface area contributed by atoms with Crippen LogP contribution in [0.25, 0.3) is 0 Å². The van der Waals surface area contributed by atoms with Crippen LogP contribution in [0.5, 0.6) is 0 Å². The summed E-state index contributed by atoms with van der Waals surface area (Å²) in [6.07, 6.45) is 9.62. The molecule has 0 aromatic rings. The molecule has 0 spiro atoms. The summed E-state index contributed by atoms with van der Waals surface area (Å²) in [6, 6.07) is 0.0306. The zero-order valence-corrected chi connectivity index (χ0v) is 14.5. The van der Waals surface area contributed by atoms with Crippen molar-refractivity contribution >= 4 is 17.7 Å². The lowest BCUT2D eigenvalue weighted by atomic mass is 10.0. The summed E-state index contributed by atoms with van der Waals surface area (Å²) in [7, 11) is 0. The highest BCUT2D eigenvalue weighted by Gasteiger charge is 2.39. The first-order valence-corrected chi connectivity index (χ1v) is 9.56. The molecule has 1 aliphatic rings. The Hall–Kier alpha value is -0.220. The predicted octanol–water partition coefficient (Wildman–Crippen LogP) is 3.49. The van der Waals surface area contributed by atoms with E-state index >= 15 is 0 Å². The number of thioether (sulfide) groups is 1. The lowest BCUT2D eigenvalue weighted by molar-refractivity contribution is -0.130. The molecular formula is C16H32N2OS. The van der Waals surface area contributed by atoms with Crippen molar-refractivity contribution in [3.8, 4) is 0 Å². The van der Waals surface area contributed by atoms with E-state index in [1.807, 2.05) is 11.8 Å². The summed E-state index contributed by atoms with van der Waals surface area (Å²) in [5.41, 5.74) is 0. The standard InChI is InChI=1S/C16H32N2OS/c1-5-10-14-17-15(13(2)3)16(19)18(14)11-8-6-7-9-12-20-4/h13-15,17H,5-12H2,1-4H3. The molecule has 1 saturated heterocycles. The highest BCUT2D eigenvalue weighted by Crippen LogP contribution is 2.20. The summed E-state index contributed by atoms with van der Waals surface area (Å²) in [5.74, 6) is 1.97. The molecule has 1 N–H and O–H groups in total. The van der Waals surface area contributed by atoms with E-state index in [0.29, 0.717) is 11.8 Å². The first-order chi connectivity index (χ1) is 9.61. The van der Waals surface area contributed by atoms with Crippen molar-refractivity contribution in [3.05, 3.63) is 0 Å². The van der Waals surface area contributed by atoms with Crippen LogP contribution in [0.4, 0.5) is 0 Å². The van der Waals surface area contributed by atoms with Gasteiger partial charge >= 0.3 is 0 Å². The van der Waals surface area contributed by atoms with Gasteiger partial charge in [-0.15, -0.1) is 0 Å². The van der Waals surface area contributed by atoms with Crippen LogP contribution in [0.3, 0.4) is 0 Å². The summed E-state index contributed by atoms with van der Waals surface area (Å²) in [5, 5.41) is 3.53. The number of carbonyl (C=O) groups excluding carboxylic acids is 1. The second-order valence-electron chi connectivity index (χ2n) is 6.13. The van der Waals surface area contributed by atoms with Crippen LogP contribution >= 0.6 is 11.8 Å².